The summed E-state index contributed by atoms with van der Waals surface area (Å²) in [7, 11) is 0. The summed E-state index contributed by atoms with van der Waals surface area (Å²) in [6.45, 7) is 7.29. The van der Waals surface area contributed by atoms with E-state index in [4.69, 9.17) is 5.26 Å². The SMILES string of the molecule is CC(C)(C)c1cc(SC#N)nn1CC1CC(O)C1. The van der Waals surface area contributed by atoms with E-state index in [0.29, 0.717) is 5.92 Å². The van der Waals surface area contributed by atoms with Crippen molar-refractivity contribution >= 4 is 11.8 Å². The van der Waals surface area contributed by atoms with Crippen molar-refractivity contribution in [2.75, 3.05) is 0 Å². The fourth-order valence-electron chi connectivity index (χ4n) is 2.33. The van der Waals surface area contributed by atoms with E-state index in [-0.39, 0.29) is 11.5 Å². The molecule has 0 bridgehead atoms. The van der Waals surface area contributed by atoms with E-state index in [1.807, 2.05) is 10.7 Å². The largest absolute Gasteiger partial charge is 0.393 e. The molecule has 0 saturated heterocycles. The summed E-state index contributed by atoms with van der Waals surface area (Å²) in [5.41, 5.74) is 1.17. The number of thioether (sulfide) groups is 1. The Bertz CT molecular complexity index is 464. The minimum Gasteiger partial charge on any atom is -0.393 e. The number of aliphatic hydroxyl groups excluding tert-OH is 1. The molecule has 0 amide bonds. The lowest BCUT2D eigenvalue weighted by Crippen LogP contribution is -2.33. The fourth-order valence-corrected chi connectivity index (χ4v) is 2.73. The molecule has 1 aromatic heterocycles. The molecule has 1 aliphatic carbocycles. The summed E-state index contributed by atoms with van der Waals surface area (Å²) in [5.74, 6) is 0.515. The average molecular weight is 265 g/mol. The summed E-state index contributed by atoms with van der Waals surface area (Å²) < 4.78 is 2.01. The first-order valence-electron chi connectivity index (χ1n) is 6.22. The molecular weight excluding hydrogens is 246 g/mol. The topological polar surface area (TPSA) is 61.8 Å². The molecule has 0 aliphatic heterocycles. The standard InChI is InChI=1S/C13H19N3OS/c1-13(2,3)11-6-12(18-8-14)15-16(11)7-9-4-10(17)5-9/h6,9-10,17H,4-5,7H2,1-3H3. The van der Waals surface area contributed by atoms with Crippen LogP contribution >= 0.6 is 11.8 Å². The second kappa shape index (κ2) is 4.94. The maximum atomic E-state index is 9.34. The molecule has 1 saturated carbocycles. The van der Waals surface area contributed by atoms with Crippen LogP contribution in [0.5, 0.6) is 0 Å². The van der Waals surface area contributed by atoms with Crippen molar-refractivity contribution in [3.63, 3.8) is 0 Å². The number of aliphatic hydroxyl groups is 1. The predicted molar refractivity (Wildman–Crippen MR) is 71.1 cm³/mol. The lowest BCUT2D eigenvalue weighted by atomic mass is 9.82. The molecule has 2 rings (SSSR count). The Balaban J connectivity index is 2.18. The van der Waals surface area contributed by atoms with Gasteiger partial charge in [-0.3, -0.25) is 4.68 Å². The van der Waals surface area contributed by atoms with Crippen LogP contribution in [0.25, 0.3) is 0 Å². The van der Waals surface area contributed by atoms with E-state index in [0.717, 1.165) is 41.9 Å². The summed E-state index contributed by atoms with van der Waals surface area (Å²) >= 11 is 1.10. The summed E-state index contributed by atoms with van der Waals surface area (Å²) in [5, 5.41) is 25.4. The Morgan fingerprint density at radius 1 is 1.56 bits per heavy atom. The van der Waals surface area contributed by atoms with Crippen molar-refractivity contribution in [1.29, 1.82) is 5.26 Å². The van der Waals surface area contributed by atoms with Gasteiger partial charge in [0.25, 0.3) is 0 Å². The first-order chi connectivity index (χ1) is 8.40. The maximum absolute atomic E-state index is 9.34. The minimum atomic E-state index is -0.128. The molecule has 0 aromatic carbocycles. The fraction of sp³-hybridized carbons (Fsp3) is 0.692. The van der Waals surface area contributed by atoms with Crippen molar-refractivity contribution in [2.24, 2.45) is 5.92 Å². The highest BCUT2D eigenvalue weighted by atomic mass is 32.2. The molecule has 5 heteroatoms. The second-order valence-corrected chi connectivity index (χ2v) is 6.79. The second-order valence-electron chi connectivity index (χ2n) is 5.98. The van der Waals surface area contributed by atoms with Crippen LogP contribution in [0.3, 0.4) is 0 Å². The zero-order chi connectivity index (χ0) is 13.3. The molecular formula is C13H19N3OS. The third kappa shape index (κ3) is 2.88. The average Bonchev–Trinajstić information content (AvgIpc) is 2.59. The molecule has 1 fully saturated rings. The summed E-state index contributed by atoms with van der Waals surface area (Å²) in [6, 6.07) is 2.00. The summed E-state index contributed by atoms with van der Waals surface area (Å²) in [6.07, 6.45) is 1.60. The van der Waals surface area contributed by atoms with Gasteiger partial charge in [-0.05, 0) is 24.8 Å². The van der Waals surface area contributed by atoms with Crippen LogP contribution in [0.2, 0.25) is 0 Å². The highest BCUT2D eigenvalue weighted by Crippen LogP contribution is 2.32. The van der Waals surface area contributed by atoms with Crippen LogP contribution in [-0.4, -0.2) is 21.0 Å². The van der Waals surface area contributed by atoms with Crippen molar-refractivity contribution in [1.82, 2.24) is 9.78 Å². The molecule has 18 heavy (non-hydrogen) atoms. The first kappa shape index (κ1) is 13.4. The molecule has 1 heterocycles. The monoisotopic (exact) mass is 265 g/mol. The van der Waals surface area contributed by atoms with Gasteiger partial charge >= 0.3 is 0 Å². The Labute approximate surface area is 112 Å². The van der Waals surface area contributed by atoms with Gasteiger partial charge < -0.3 is 5.11 Å². The van der Waals surface area contributed by atoms with Gasteiger partial charge in [0.05, 0.1) is 6.10 Å². The number of thiocyanates is 1. The lowest BCUT2D eigenvalue weighted by Gasteiger charge is -2.32. The first-order valence-corrected chi connectivity index (χ1v) is 7.04. The molecule has 98 valence electrons. The molecule has 4 nitrogen and oxygen atoms in total. The quantitative estimate of drug-likeness (QED) is 0.674. The Hall–Kier alpha value is -0.990. The van der Waals surface area contributed by atoms with Gasteiger partial charge in [-0.2, -0.15) is 10.4 Å². The van der Waals surface area contributed by atoms with Crippen molar-refractivity contribution in [3.05, 3.63) is 11.8 Å². The molecule has 0 radical (unpaired) electrons. The van der Waals surface area contributed by atoms with Crippen LogP contribution in [-0.2, 0) is 12.0 Å². The number of nitriles is 1. The Kier molecular flexibility index (Phi) is 3.69. The van der Waals surface area contributed by atoms with E-state index in [2.05, 4.69) is 31.3 Å². The van der Waals surface area contributed by atoms with Crippen LogP contribution in [0, 0.1) is 16.6 Å². The predicted octanol–water partition coefficient (Wildman–Crippen LogP) is 2.52. The lowest BCUT2D eigenvalue weighted by molar-refractivity contribution is 0.0328. The van der Waals surface area contributed by atoms with Crippen LogP contribution in [0.1, 0.15) is 39.3 Å². The van der Waals surface area contributed by atoms with Gasteiger partial charge in [0.15, 0.2) is 0 Å². The molecule has 1 N–H and O–H groups in total. The van der Waals surface area contributed by atoms with E-state index < -0.39 is 0 Å². The Morgan fingerprint density at radius 3 is 2.72 bits per heavy atom. The van der Waals surface area contributed by atoms with Gasteiger partial charge in [0.1, 0.15) is 10.4 Å². The third-order valence-corrected chi connectivity index (χ3v) is 3.82. The van der Waals surface area contributed by atoms with Crippen molar-refractivity contribution < 1.29 is 5.11 Å². The van der Waals surface area contributed by atoms with Gasteiger partial charge in [0, 0.05) is 29.4 Å². The number of aromatic nitrogens is 2. The molecule has 1 aromatic rings. The van der Waals surface area contributed by atoms with E-state index in [9.17, 15) is 5.11 Å². The minimum absolute atomic E-state index is 0.0175. The molecule has 1 aliphatic rings. The highest BCUT2D eigenvalue weighted by Gasteiger charge is 2.30. The maximum Gasteiger partial charge on any atom is 0.140 e. The number of hydrogen-bond acceptors (Lipinski definition) is 4. The molecule has 0 unspecified atom stereocenters. The summed E-state index contributed by atoms with van der Waals surface area (Å²) in [4.78, 5) is 0. The number of hydrogen-bond donors (Lipinski definition) is 1. The smallest absolute Gasteiger partial charge is 0.140 e. The normalized spacial score (nSPS) is 23.5. The molecule has 0 atom stereocenters. The zero-order valence-corrected chi connectivity index (χ0v) is 11.9. The highest BCUT2D eigenvalue weighted by molar-refractivity contribution is 8.03. The van der Waals surface area contributed by atoms with E-state index in [1.165, 1.54) is 0 Å². The van der Waals surface area contributed by atoms with Gasteiger partial charge in [0.2, 0.25) is 0 Å². The van der Waals surface area contributed by atoms with E-state index in [1.54, 1.807) is 0 Å². The van der Waals surface area contributed by atoms with Crippen LogP contribution in [0.4, 0.5) is 0 Å². The zero-order valence-electron chi connectivity index (χ0n) is 11.1. The van der Waals surface area contributed by atoms with Crippen molar-refractivity contribution in [2.45, 2.75) is 56.7 Å². The molecule has 0 spiro atoms. The van der Waals surface area contributed by atoms with E-state index >= 15 is 0 Å². The van der Waals surface area contributed by atoms with Gasteiger partial charge in [-0.15, -0.1) is 0 Å². The van der Waals surface area contributed by atoms with Crippen molar-refractivity contribution in [3.8, 4) is 5.40 Å². The number of rotatable bonds is 3. The third-order valence-electron chi connectivity index (χ3n) is 3.32. The van der Waals surface area contributed by atoms with Crippen LogP contribution < -0.4 is 0 Å². The van der Waals surface area contributed by atoms with Gasteiger partial charge in [-0.25, -0.2) is 0 Å². The van der Waals surface area contributed by atoms with Crippen LogP contribution in [0.15, 0.2) is 11.1 Å². The van der Waals surface area contributed by atoms with Gasteiger partial charge in [-0.1, -0.05) is 20.8 Å². The Morgan fingerprint density at radius 2 is 2.22 bits per heavy atom. The number of nitrogens with zero attached hydrogens (tertiary/aromatic N) is 3.